The van der Waals surface area contributed by atoms with Crippen molar-refractivity contribution in [2.24, 2.45) is 0 Å². The lowest BCUT2D eigenvalue weighted by Gasteiger charge is -2.13. The van der Waals surface area contributed by atoms with Crippen LogP contribution in [0.15, 0.2) is 18.2 Å². The van der Waals surface area contributed by atoms with E-state index in [4.69, 9.17) is 16.3 Å². The van der Waals surface area contributed by atoms with Crippen molar-refractivity contribution in [2.45, 2.75) is 6.92 Å². The number of likely N-dealkylation sites (N-methyl/N-ethyl adjacent to an activating group) is 1. The Labute approximate surface area is 143 Å². The molecule has 1 aliphatic heterocycles. The van der Waals surface area contributed by atoms with Gasteiger partial charge in [-0.15, -0.1) is 0 Å². The van der Waals surface area contributed by atoms with Gasteiger partial charge >= 0.3 is 12.0 Å². The van der Waals surface area contributed by atoms with Gasteiger partial charge in [-0.1, -0.05) is 17.7 Å². The van der Waals surface area contributed by atoms with Crippen LogP contribution in [0.25, 0.3) is 0 Å². The number of nitrogens with zero attached hydrogens (tertiary/aromatic N) is 2. The van der Waals surface area contributed by atoms with Gasteiger partial charge in [0.05, 0.1) is 0 Å². The highest BCUT2D eigenvalue weighted by atomic mass is 35.5. The lowest BCUT2D eigenvalue weighted by atomic mass is 10.2. The minimum atomic E-state index is -0.843. The Morgan fingerprint density at radius 1 is 1.33 bits per heavy atom. The number of hydrogen-bond acceptors (Lipinski definition) is 5. The molecule has 9 heteroatoms. The van der Waals surface area contributed by atoms with Crippen molar-refractivity contribution in [1.82, 2.24) is 9.80 Å². The third kappa shape index (κ3) is 4.02. The molecule has 24 heavy (non-hydrogen) atoms. The molecule has 0 bridgehead atoms. The van der Waals surface area contributed by atoms with Crippen LogP contribution in [-0.4, -0.2) is 60.4 Å². The molecule has 1 aromatic carbocycles. The standard InChI is InChI=1S/C15H16ClN3O5/c1-9-10(16)4-3-5-11(9)17-12(20)8-24-14(22)7-19-13(21)6-18(2)15(19)23/h3-5H,6-8H2,1-2H3,(H,17,20). The number of halogens is 1. The summed E-state index contributed by atoms with van der Waals surface area (Å²) in [4.78, 5) is 48.6. The molecule has 1 fully saturated rings. The van der Waals surface area contributed by atoms with Crippen LogP contribution in [-0.2, 0) is 19.1 Å². The molecule has 0 unspecified atom stereocenters. The molecule has 0 saturated carbocycles. The zero-order valence-electron chi connectivity index (χ0n) is 13.2. The smallest absolute Gasteiger partial charge is 0.327 e. The molecule has 0 spiro atoms. The van der Waals surface area contributed by atoms with Gasteiger partial charge in [0.2, 0.25) is 0 Å². The molecule has 1 N–H and O–H groups in total. The molecular formula is C15H16ClN3O5. The summed E-state index contributed by atoms with van der Waals surface area (Å²) in [5, 5.41) is 3.07. The maximum Gasteiger partial charge on any atom is 0.327 e. The molecule has 1 aliphatic rings. The summed E-state index contributed by atoms with van der Waals surface area (Å²) in [6.45, 7) is 0.605. The second-order valence-corrected chi connectivity index (χ2v) is 5.65. The van der Waals surface area contributed by atoms with Gasteiger partial charge in [0, 0.05) is 17.8 Å². The van der Waals surface area contributed by atoms with Gasteiger partial charge < -0.3 is 15.0 Å². The Morgan fingerprint density at radius 2 is 2.04 bits per heavy atom. The van der Waals surface area contributed by atoms with Crippen LogP contribution in [0.3, 0.4) is 0 Å². The summed E-state index contributed by atoms with van der Waals surface area (Å²) in [7, 11) is 1.45. The monoisotopic (exact) mass is 353 g/mol. The van der Waals surface area contributed by atoms with Gasteiger partial charge in [0.1, 0.15) is 13.1 Å². The molecular weight excluding hydrogens is 338 g/mol. The molecule has 0 aromatic heterocycles. The Hall–Kier alpha value is -2.61. The minimum Gasteiger partial charge on any atom is -0.454 e. The predicted molar refractivity (Wildman–Crippen MR) is 85.5 cm³/mol. The van der Waals surface area contributed by atoms with Crippen molar-refractivity contribution < 1.29 is 23.9 Å². The van der Waals surface area contributed by atoms with Gasteiger partial charge in [-0.05, 0) is 24.6 Å². The first-order chi connectivity index (χ1) is 11.3. The van der Waals surface area contributed by atoms with E-state index in [1.165, 1.54) is 11.9 Å². The highest BCUT2D eigenvalue weighted by molar-refractivity contribution is 6.31. The molecule has 0 atom stereocenters. The van der Waals surface area contributed by atoms with Gasteiger partial charge in [0.25, 0.3) is 11.8 Å². The van der Waals surface area contributed by atoms with E-state index in [0.717, 1.165) is 4.90 Å². The fourth-order valence-electron chi connectivity index (χ4n) is 2.07. The molecule has 1 heterocycles. The summed E-state index contributed by atoms with van der Waals surface area (Å²) < 4.78 is 4.79. The van der Waals surface area contributed by atoms with Crippen molar-refractivity contribution in [3.05, 3.63) is 28.8 Å². The van der Waals surface area contributed by atoms with Crippen LogP contribution < -0.4 is 5.32 Å². The van der Waals surface area contributed by atoms with Crippen molar-refractivity contribution in [3.63, 3.8) is 0 Å². The SMILES string of the molecule is Cc1c(Cl)cccc1NC(=O)COC(=O)CN1C(=O)CN(C)C1=O. The highest BCUT2D eigenvalue weighted by Gasteiger charge is 2.35. The number of ether oxygens (including phenoxy) is 1. The molecule has 128 valence electrons. The number of hydrogen-bond donors (Lipinski definition) is 1. The van der Waals surface area contributed by atoms with Gasteiger partial charge in [-0.3, -0.25) is 19.3 Å². The topological polar surface area (TPSA) is 96.0 Å². The highest BCUT2D eigenvalue weighted by Crippen LogP contribution is 2.22. The van der Waals surface area contributed by atoms with E-state index in [1.54, 1.807) is 25.1 Å². The van der Waals surface area contributed by atoms with E-state index in [2.05, 4.69) is 5.32 Å². The van der Waals surface area contributed by atoms with Crippen LogP contribution in [0.4, 0.5) is 10.5 Å². The summed E-state index contributed by atoms with van der Waals surface area (Å²) in [5.41, 5.74) is 1.20. The van der Waals surface area contributed by atoms with E-state index in [9.17, 15) is 19.2 Å². The van der Waals surface area contributed by atoms with Gasteiger partial charge in [0.15, 0.2) is 6.61 Å². The molecule has 0 aliphatic carbocycles. The van der Waals surface area contributed by atoms with Crippen molar-refractivity contribution in [1.29, 1.82) is 0 Å². The molecule has 0 radical (unpaired) electrons. The zero-order valence-corrected chi connectivity index (χ0v) is 13.9. The predicted octanol–water partition coefficient (Wildman–Crippen LogP) is 1.02. The van der Waals surface area contributed by atoms with Crippen LogP contribution in [0.2, 0.25) is 5.02 Å². The van der Waals surface area contributed by atoms with E-state index >= 15 is 0 Å². The van der Waals surface area contributed by atoms with E-state index in [-0.39, 0.29) is 6.54 Å². The maximum atomic E-state index is 11.8. The number of urea groups is 1. The molecule has 8 nitrogen and oxygen atoms in total. The Kier molecular flexibility index (Phi) is 5.40. The third-order valence-electron chi connectivity index (χ3n) is 3.42. The molecule has 2 rings (SSSR count). The van der Waals surface area contributed by atoms with E-state index in [0.29, 0.717) is 16.3 Å². The Bertz CT molecular complexity index is 706. The van der Waals surface area contributed by atoms with Crippen LogP contribution >= 0.6 is 11.6 Å². The Balaban J connectivity index is 1.83. The summed E-state index contributed by atoms with van der Waals surface area (Å²) in [6.07, 6.45) is 0. The number of carbonyl (C=O) groups excluding carboxylic acids is 4. The van der Waals surface area contributed by atoms with Crippen molar-refractivity contribution >= 4 is 41.1 Å². The number of imide groups is 1. The van der Waals surface area contributed by atoms with E-state index in [1.807, 2.05) is 0 Å². The quantitative estimate of drug-likeness (QED) is 0.630. The number of esters is 1. The number of benzene rings is 1. The minimum absolute atomic E-state index is 0.0827. The average Bonchev–Trinajstić information content (AvgIpc) is 2.76. The first-order valence-corrected chi connectivity index (χ1v) is 7.43. The number of amides is 4. The number of carbonyl (C=O) groups is 4. The normalized spacial score (nSPS) is 14.1. The van der Waals surface area contributed by atoms with Gasteiger partial charge in [-0.25, -0.2) is 4.79 Å². The fourth-order valence-corrected chi connectivity index (χ4v) is 2.25. The van der Waals surface area contributed by atoms with Crippen molar-refractivity contribution in [2.75, 3.05) is 32.1 Å². The van der Waals surface area contributed by atoms with Crippen LogP contribution in [0.5, 0.6) is 0 Å². The Morgan fingerprint density at radius 3 is 2.67 bits per heavy atom. The van der Waals surface area contributed by atoms with Crippen LogP contribution in [0.1, 0.15) is 5.56 Å². The maximum absolute atomic E-state index is 11.8. The molecule has 1 aromatic rings. The van der Waals surface area contributed by atoms with Gasteiger partial charge in [-0.2, -0.15) is 0 Å². The molecule has 1 saturated heterocycles. The number of nitrogens with one attached hydrogen (secondary N) is 1. The summed E-state index contributed by atoms with van der Waals surface area (Å²) in [5.74, 6) is -1.88. The lowest BCUT2D eigenvalue weighted by Crippen LogP contribution is -2.37. The molecule has 4 amide bonds. The zero-order chi connectivity index (χ0) is 17.9. The second-order valence-electron chi connectivity index (χ2n) is 5.24. The van der Waals surface area contributed by atoms with E-state index < -0.39 is 37.0 Å². The number of anilines is 1. The largest absolute Gasteiger partial charge is 0.454 e. The first-order valence-electron chi connectivity index (χ1n) is 7.05. The number of rotatable bonds is 5. The summed E-state index contributed by atoms with van der Waals surface area (Å²) >= 11 is 5.95. The lowest BCUT2D eigenvalue weighted by molar-refractivity contribution is -0.149. The second kappa shape index (κ2) is 7.31. The fraction of sp³-hybridized carbons (Fsp3) is 0.333. The first kappa shape index (κ1) is 17.7. The average molecular weight is 354 g/mol. The third-order valence-corrected chi connectivity index (χ3v) is 3.83. The summed E-state index contributed by atoms with van der Waals surface area (Å²) in [6, 6.07) is 4.46. The van der Waals surface area contributed by atoms with Crippen molar-refractivity contribution in [3.8, 4) is 0 Å². The van der Waals surface area contributed by atoms with Crippen LogP contribution in [0, 0.1) is 6.92 Å².